The van der Waals surface area contributed by atoms with Crippen molar-refractivity contribution in [3.8, 4) is 0 Å². The molecule has 6 nitrogen and oxygen atoms in total. The van der Waals surface area contributed by atoms with Crippen molar-refractivity contribution >= 4 is 17.5 Å². The summed E-state index contributed by atoms with van der Waals surface area (Å²) in [5, 5.41) is 2.76. The molecule has 1 fully saturated rings. The molecule has 1 saturated heterocycles. The van der Waals surface area contributed by atoms with Crippen molar-refractivity contribution in [2.24, 2.45) is 5.73 Å². The minimum Gasteiger partial charge on any atom is -0.378 e. The second-order valence-electron chi connectivity index (χ2n) is 4.95. The number of benzene rings is 1. The first-order chi connectivity index (χ1) is 10.2. The van der Waals surface area contributed by atoms with Crippen LogP contribution < -0.4 is 11.1 Å². The molecule has 2 rings (SSSR count). The summed E-state index contributed by atoms with van der Waals surface area (Å²) in [6.45, 7) is 2.87. The molecule has 1 aromatic carbocycles. The normalized spacial score (nSPS) is 14.8. The summed E-state index contributed by atoms with van der Waals surface area (Å²) in [5.41, 5.74) is 6.97. The molecule has 0 atom stereocenters. The van der Waals surface area contributed by atoms with Crippen molar-refractivity contribution in [1.29, 1.82) is 0 Å². The van der Waals surface area contributed by atoms with E-state index in [2.05, 4.69) is 5.32 Å². The Kier molecular flexibility index (Phi) is 5.71. The molecule has 114 valence electrons. The number of carbonyl (C=O) groups is 2. The Morgan fingerprint density at radius 1 is 1.19 bits per heavy atom. The van der Waals surface area contributed by atoms with Gasteiger partial charge in [0.25, 0.3) is 0 Å². The van der Waals surface area contributed by atoms with E-state index in [0.29, 0.717) is 45.7 Å². The minimum absolute atomic E-state index is 0.102. The van der Waals surface area contributed by atoms with Gasteiger partial charge in [-0.25, -0.2) is 0 Å². The molecule has 1 heterocycles. The molecule has 0 unspecified atom stereocenters. The van der Waals surface area contributed by atoms with Gasteiger partial charge < -0.3 is 20.7 Å². The molecule has 2 amide bonds. The van der Waals surface area contributed by atoms with E-state index < -0.39 is 0 Å². The lowest BCUT2D eigenvalue weighted by Crippen LogP contribution is -2.41. The Hall–Kier alpha value is -1.92. The first-order valence-corrected chi connectivity index (χ1v) is 7.13. The third-order valence-corrected chi connectivity index (χ3v) is 3.33. The van der Waals surface area contributed by atoms with E-state index >= 15 is 0 Å². The van der Waals surface area contributed by atoms with Crippen LogP contribution in [0.3, 0.4) is 0 Å². The van der Waals surface area contributed by atoms with Crippen LogP contribution in [0.4, 0.5) is 5.69 Å². The van der Waals surface area contributed by atoms with E-state index in [9.17, 15) is 9.59 Å². The number of nitrogens with one attached hydrogen (secondary N) is 1. The van der Waals surface area contributed by atoms with E-state index in [-0.39, 0.29) is 11.8 Å². The average molecular weight is 291 g/mol. The summed E-state index contributed by atoms with van der Waals surface area (Å²) < 4.78 is 5.23. The fraction of sp³-hybridized carbons (Fsp3) is 0.467. The molecule has 0 spiro atoms. The highest BCUT2D eigenvalue weighted by Gasteiger charge is 2.16. The highest BCUT2D eigenvalue weighted by Crippen LogP contribution is 2.12. The van der Waals surface area contributed by atoms with Crippen molar-refractivity contribution in [2.75, 3.05) is 38.2 Å². The average Bonchev–Trinajstić information content (AvgIpc) is 2.50. The monoisotopic (exact) mass is 291 g/mol. The Labute approximate surface area is 124 Å². The maximum Gasteiger partial charge on any atom is 0.227 e. The SMILES string of the molecule is NCCC(=O)Nc1ccc(CC(=O)N2CCOCC2)cc1. The zero-order valence-electron chi connectivity index (χ0n) is 12.0. The van der Waals surface area contributed by atoms with Crippen molar-refractivity contribution < 1.29 is 14.3 Å². The van der Waals surface area contributed by atoms with Crippen LogP contribution in [-0.2, 0) is 20.7 Å². The van der Waals surface area contributed by atoms with Gasteiger partial charge >= 0.3 is 0 Å². The van der Waals surface area contributed by atoms with Crippen LogP contribution in [0.25, 0.3) is 0 Å². The fourth-order valence-electron chi connectivity index (χ4n) is 2.16. The highest BCUT2D eigenvalue weighted by atomic mass is 16.5. The second kappa shape index (κ2) is 7.75. The summed E-state index contributed by atoms with van der Waals surface area (Å²) in [6.07, 6.45) is 0.675. The van der Waals surface area contributed by atoms with Crippen molar-refractivity contribution in [2.45, 2.75) is 12.8 Å². The van der Waals surface area contributed by atoms with Crippen LogP contribution in [0.5, 0.6) is 0 Å². The number of hydrogen-bond donors (Lipinski definition) is 2. The van der Waals surface area contributed by atoms with Crippen LogP contribution in [0, 0.1) is 0 Å². The van der Waals surface area contributed by atoms with Crippen molar-refractivity contribution in [3.05, 3.63) is 29.8 Å². The number of nitrogens with zero attached hydrogens (tertiary/aromatic N) is 1. The Balaban J connectivity index is 1.86. The molecule has 0 radical (unpaired) electrons. The largest absolute Gasteiger partial charge is 0.378 e. The summed E-state index contributed by atoms with van der Waals surface area (Å²) in [5.74, 6) is 0.00728. The summed E-state index contributed by atoms with van der Waals surface area (Å²) in [4.78, 5) is 25.3. The van der Waals surface area contributed by atoms with Gasteiger partial charge in [0, 0.05) is 31.7 Å². The second-order valence-corrected chi connectivity index (χ2v) is 4.95. The molecule has 0 aliphatic carbocycles. The number of nitrogens with two attached hydrogens (primary N) is 1. The number of rotatable bonds is 5. The maximum atomic E-state index is 12.1. The summed E-state index contributed by atoms with van der Waals surface area (Å²) in [6, 6.07) is 7.32. The van der Waals surface area contributed by atoms with Crippen molar-refractivity contribution in [1.82, 2.24) is 4.90 Å². The standard InChI is InChI=1S/C15H21N3O3/c16-6-5-14(19)17-13-3-1-12(2-4-13)11-15(20)18-7-9-21-10-8-18/h1-4H,5-11,16H2,(H,17,19). The molecule has 0 saturated carbocycles. The summed E-state index contributed by atoms with van der Waals surface area (Å²) >= 11 is 0. The molecule has 6 heteroatoms. The van der Waals surface area contributed by atoms with Crippen LogP contribution >= 0.6 is 0 Å². The van der Waals surface area contributed by atoms with Gasteiger partial charge in [-0.2, -0.15) is 0 Å². The number of anilines is 1. The quantitative estimate of drug-likeness (QED) is 0.821. The smallest absolute Gasteiger partial charge is 0.227 e. The Morgan fingerprint density at radius 2 is 1.86 bits per heavy atom. The lowest BCUT2D eigenvalue weighted by molar-refractivity contribution is -0.134. The molecule has 1 aliphatic heterocycles. The number of carbonyl (C=O) groups excluding carboxylic acids is 2. The topological polar surface area (TPSA) is 84.7 Å². The summed E-state index contributed by atoms with van der Waals surface area (Å²) in [7, 11) is 0. The van der Waals surface area contributed by atoms with Crippen LogP contribution in [0.1, 0.15) is 12.0 Å². The van der Waals surface area contributed by atoms with Gasteiger partial charge in [0.2, 0.25) is 11.8 Å². The number of ether oxygens (including phenoxy) is 1. The van der Waals surface area contributed by atoms with E-state index in [0.717, 1.165) is 11.3 Å². The van der Waals surface area contributed by atoms with Gasteiger partial charge in [-0.05, 0) is 17.7 Å². The molecule has 3 N–H and O–H groups in total. The third-order valence-electron chi connectivity index (χ3n) is 3.33. The Morgan fingerprint density at radius 3 is 2.48 bits per heavy atom. The molecule has 0 aromatic heterocycles. The van der Waals surface area contributed by atoms with Gasteiger partial charge in [-0.1, -0.05) is 12.1 Å². The van der Waals surface area contributed by atoms with Crippen molar-refractivity contribution in [3.63, 3.8) is 0 Å². The highest BCUT2D eigenvalue weighted by molar-refractivity contribution is 5.90. The zero-order valence-corrected chi connectivity index (χ0v) is 12.0. The van der Waals surface area contributed by atoms with Crippen LogP contribution in [-0.4, -0.2) is 49.6 Å². The first-order valence-electron chi connectivity index (χ1n) is 7.13. The molecule has 1 aliphatic rings. The zero-order chi connectivity index (χ0) is 15.1. The van der Waals surface area contributed by atoms with Crippen LogP contribution in [0.15, 0.2) is 24.3 Å². The third kappa shape index (κ3) is 4.84. The Bertz CT molecular complexity index is 481. The number of amides is 2. The number of morpholine rings is 1. The van der Waals surface area contributed by atoms with E-state index in [1.54, 1.807) is 12.1 Å². The lowest BCUT2D eigenvalue weighted by atomic mass is 10.1. The minimum atomic E-state index is -0.102. The van der Waals surface area contributed by atoms with Crippen LogP contribution in [0.2, 0.25) is 0 Å². The predicted molar refractivity (Wildman–Crippen MR) is 79.8 cm³/mol. The van der Waals surface area contributed by atoms with E-state index in [1.165, 1.54) is 0 Å². The maximum absolute atomic E-state index is 12.1. The first kappa shape index (κ1) is 15.5. The van der Waals surface area contributed by atoms with Gasteiger partial charge in [0.05, 0.1) is 19.6 Å². The predicted octanol–water partition coefficient (Wildman–Crippen LogP) is 0.375. The number of hydrogen-bond acceptors (Lipinski definition) is 4. The molecule has 0 bridgehead atoms. The van der Waals surface area contributed by atoms with Gasteiger partial charge in [-0.3, -0.25) is 9.59 Å². The van der Waals surface area contributed by atoms with Gasteiger partial charge in [0.15, 0.2) is 0 Å². The van der Waals surface area contributed by atoms with E-state index in [1.807, 2.05) is 17.0 Å². The fourth-order valence-corrected chi connectivity index (χ4v) is 2.16. The molecular weight excluding hydrogens is 270 g/mol. The van der Waals surface area contributed by atoms with Gasteiger partial charge in [-0.15, -0.1) is 0 Å². The van der Waals surface area contributed by atoms with E-state index in [4.69, 9.17) is 10.5 Å². The molecule has 1 aromatic rings. The molecule has 21 heavy (non-hydrogen) atoms. The lowest BCUT2D eigenvalue weighted by Gasteiger charge is -2.26. The van der Waals surface area contributed by atoms with Gasteiger partial charge in [0.1, 0.15) is 0 Å². The molecular formula is C15H21N3O3.